The van der Waals surface area contributed by atoms with Crippen LogP contribution in [-0.4, -0.2) is 46.4 Å². The first-order valence-electron chi connectivity index (χ1n) is 6.52. The summed E-state index contributed by atoms with van der Waals surface area (Å²) in [5.41, 5.74) is 6.49. The van der Waals surface area contributed by atoms with E-state index in [1.807, 2.05) is 0 Å². The zero-order valence-electron chi connectivity index (χ0n) is 11.4. The van der Waals surface area contributed by atoms with Gasteiger partial charge in [-0.15, -0.1) is 0 Å². The Kier molecular flexibility index (Phi) is 4.62. The zero-order valence-corrected chi connectivity index (χ0v) is 11.4. The Balaban J connectivity index is 2.06. The number of rotatable bonds is 4. The van der Waals surface area contributed by atoms with E-state index in [0.717, 1.165) is 0 Å². The molecule has 2 heterocycles. The van der Waals surface area contributed by atoms with Crippen LogP contribution >= 0.6 is 0 Å². The number of aromatic nitrogens is 2. The Morgan fingerprint density at radius 2 is 2.30 bits per heavy atom. The summed E-state index contributed by atoms with van der Waals surface area (Å²) in [6, 6.07) is 0. The molecule has 2 N–H and O–H groups in total. The molecule has 0 aromatic carbocycles. The molecule has 20 heavy (non-hydrogen) atoms. The molecule has 0 spiro atoms. The van der Waals surface area contributed by atoms with Gasteiger partial charge in [-0.05, 0) is 6.42 Å². The van der Waals surface area contributed by atoms with Crippen molar-refractivity contribution in [2.45, 2.75) is 25.9 Å². The number of amides is 2. The minimum atomic E-state index is -0.367. The molecular formula is C13H18N4O3. The molecule has 0 saturated carbocycles. The van der Waals surface area contributed by atoms with E-state index in [1.54, 1.807) is 17.3 Å². The third-order valence-electron chi connectivity index (χ3n) is 3.17. The molecule has 0 aliphatic carbocycles. The maximum atomic E-state index is 11.4. The normalized spacial score (nSPS) is 18.9. The van der Waals surface area contributed by atoms with Crippen molar-refractivity contribution in [3.63, 3.8) is 0 Å². The van der Waals surface area contributed by atoms with Gasteiger partial charge in [-0.1, -0.05) is 0 Å². The van der Waals surface area contributed by atoms with Crippen LogP contribution in [-0.2, 0) is 20.7 Å². The fraction of sp³-hybridized carbons (Fsp3) is 0.538. The summed E-state index contributed by atoms with van der Waals surface area (Å²) < 4.78 is 5.64. The van der Waals surface area contributed by atoms with Crippen molar-refractivity contribution in [2.75, 3.05) is 19.7 Å². The highest BCUT2D eigenvalue weighted by molar-refractivity contribution is 5.74. The van der Waals surface area contributed by atoms with Crippen molar-refractivity contribution in [1.82, 2.24) is 14.9 Å². The van der Waals surface area contributed by atoms with Crippen LogP contribution < -0.4 is 5.73 Å². The quantitative estimate of drug-likeness (QED) is 0.823. The Bertz CT molecular complexity index is 506. The molecule has 0 bridgehead atoms. The van der Waals surface area contributed by atoms with E-state index in [9.17, 15) is 9.59 Å². The minimum Gasteiger partial charge on any atom is -0.370 e. The van der Waals surface area contributed by atoms with Gasteiger partial charge in [-0.3, -0.25) is 19.6 Å². The first kappa shape index (κ1) is 14.4. The molecular weight excluding hydrogens is 260 g/mol. The molecule has 1 aliphatic heterocycles. The van der Waals surface area contributed by atoms with Crippen molar-refractivity contribution < 1.29 is 14.3 Å². The van der Waals surface area contributed by atoms with Crippen LogP contribution in [0.4, 0.5) is 0 Å². The lowest BCUT2D eigenvalue weighted by atomic mass is 10.2. The average Bonchev–Trinajstić information content (AvgIpc) is 2.45. The van der Waals surface area contributed by atoms with Gasteiger partial charge >= 0.3 is 0 Å². The second kappa shape index (κ2) is 6.42. The van der Waals surface area contributed by atoms with Crippen molar-refractivity contribution in [3.8, 4) is 0 Å². The van der Waals surface area contributed by atoms with Gasteiger partial charge < -0.3 is 15.4 Å². The Labute approximate surface area is 117 Å². The van der Waals surface area contributed by atoms with E-state index >= 15 is 0 Å². The van der Waals surface area contributed by atoms with Crippen LogP contribution in [0.15, 0.2) is 12.4 Å². The van der Waals surface area contributed by atoms with E-state index in [-0.39, 0.29) is 24.3 Å². The number of carbonyl (C=O) groups excluding carboxylic acids is 2. The number of hydrogen-bond acceptors (Lipinski definition) is 5. The first-order chi connectivity index (χ1) is 9.56. The van der Waals surface area contributed by atoms with Gasteiger partial charge in [0.25, 0.3) is 0 Å². The molecule has 1 aliphatic rings. The smallest absolute Gasteiger partial charge is 0.219 e. The summed E-state index contributed by atoms with van der Waals surface area (Å²) in [5.74, 6) is -0.343. The molecule has 1 aromatic rings. The van der Waals surface area contributed by atoms with Crippen molar-refractivity contribution in [2.24, 2.45) is 5.73 Å². The van der Waals surface area contributed by atoms with Crippen LogP contribution in [0.3, 0.4) is 0 Å². The number of nitrogens with two attached hydrogens (primary N) is 1. The highest BCUT2D eigenvalue weighted by atomic mass is 16.5. The largest absolute Gasteiger partial charge is 0.370 e. The van der Waals surface area contributed by atoms with E-state index < -0.39 is 0 Å². The van der Waals surface area contributed by atoms with E-state index in [0.29, 0.717) is 37.5 Å². The Hall–Kier alpha value is -2.02. The molecule has 108 valence electrons. The average molecular weight is 278 g/mol. The fourth-order valence-electron chi connectivity index (χ4n) is 2.06. The summed E-state index contributed by atoms with van der Waals surface area (Å²) in [4.78, 5) is 32.5. The lowest BCUT2D eigenvalue weighted by Crippen LogP contribution is -2.41. The molecule has 1 saturated heterocycles. The lowest BCUT2D eigenvalue weighted by Gasteiger charge is -2.31. The summed E-state index contributed by atoms with van der Waals surface area (Å²) in [7, 11) is 0. The number of morpholine rings is 1. The predicted molar refractivity (Wildman–Crippen MR) is 70.5 cm³/mol. The van der Waals surface area contributed by atoms with Gasteiger partial charge in [-0.2, -0.15) is 0 Å². The number of nitrogens with zero attached hydrogens (tertiary/aromatic N) is 3. The minimum absolute atomic E-state index is 0.0242. The van der Waals surface area contributed by atoms with E-state index in [2.05, 4.69) is 9.97 Å². The standard InChI is InChI=1S/C13H18N4O3/c1-9(18)17-4-5-20-12(8-17)11-7-15-6-10(16-11)2-3-13(14)19/h6-7,12H,2-5,8H2,1H3,(H2,14,19)/t12-/m0/s1. The Morgan fingerprint density at radius 1 is 1.50 bits per heavy atom. The van der Waals surface area contributed by atoms with Gasteiger partial charge in [0.05, 0.1) is 30.7 Å². The summed E-state index contributed by atoms with van der Waals surface area (Å²) >= 11 is 0. The predicted octanol–water partition coefficient (Wildman–Crippen LogP) is -0.186. The maximum absolute atomic E-state index is 11.4. The second-order valence-corrected chi connectivity index (χ2v) is 4.73. The lowest BCUT2D eigenvalue weighted by molar-refractivity contribution is -0.136. The molecule has 2 rings (SSSR count). The summed E-state index contributed by atoms with van der Waals surface area (Å²) in [5, 5.41) is 0. The van der Waals surface area contributed by atoms with Gasteiger partial charge in [0, 0.05) is 26.1 Å². The third kappa shape index (κ3) is 3.74. The van der Waals surface area contributed by atoms with E-state index in [4.69, 9.17) is 10.5 Å². The van der Waals surface area contributed by atoms with Gasteiger partial charge in [-0.25, -0.2) is 0 Å². The Morgan fingerprint density at radius 3 is 3.00 bits per heavy atom. The molecule has 7 nitrogen and oxygen atoms in total. The highest BCUT2D eigenvalue weighted by Gasteiger charge is 2.24. The van der Waals surface area contributed by atoms with E-state index in [1.165, 1.54) is 6.92 Å². The zero-order chi connectivity index (χ0) is 14.5. The van der Waals surface area contributed by atoms with Gasteiger partial charge in [0.2, 0.25) is 11.8 Å². The molecule has 1 atom stereocenters. The van der Waals surface area contributed by atoms with Crippen molar-refractivity contribution in [3.05, 3.63) is 23.8 Å². The van der Waals surface area contributed by atoms with Crippen molar-refractivity contribution >= 4 is 11.8 Å². The summed E-state index contributed by atoms with van der Waals surface area (Å²) in [6.45, 7) is 3.10. The van der Waals surface area contributed by atoms with Crippen LogP contribution in [0.5, 0.6) is 0 Å². The number of hydrogen-bond donors (Lipinski definition) is 1. The highest BCUT2D eigenvalue weighted by Crippen LogP contribution is 2.20. The monoisotopic (exact) mass is 278 g/mol. The van der Waals surface area contributed by atoms with Crippen molar-refractivity contribution in [1.29, 1.82) is 0 Å². The number of primary amides is 1. The second-order valence-electron chi connectivity index (χ2n) is 4.73. The van der Waals surface area contributed by atoms with Crippen LogP contribution in [0.25, 0.3) is 0 Å². The fourth-order valence-corrected chi connectivity index (χ4v) is 2.06. The molecule has 0 unspecified atom stereocenters. The van der Waals surface area contributed by atoms with Gasteiger partial charge in [0.1, 0.15) is 6.10 Å². The molecule has 2 amide bonds. The van der Waals surface area contributed by atoms with Crippen LogP contribution in [0.2, 0.25) is 0 Å². The topological polar surface area (TPSA) is 98.4 Å². The molecule has 1 aromatic heterocycles. The van der Waals surface area contributed by atoms with Crippen LogP contribution in [0, 0.1) is 0 Å². The molecule has 1 fully saturated rings. The number of carbonyl (C=O) groups is 2. The number of aryl methyl sites for hydroxylation is 1. The SMILES string of the molecule is CC(=O)N1CCO[C@H](c2cncc(CCC(N)=O)n2)C1. The van der Waals surface area contributed by atoms with Crippen LogP contribution in [0.1, 0.15) is 30.8 Å². The maximum Gasteiger partial charge on any atom is 0.219 e. The number of ether oxygens (including phenoxy) is 1. The van der Waals surface area contributed by atoms with Gasteiger partial charge in [0.15, 0.2) is 0 Å². The third-order valence-corrected chi connectivity index (χ3v) is 3.17. The molecule has 7 heteroatoms. The first-order valence-corrected chi connectivity index (χ1v) is 6.52. The summed E-state index contributed by atoms with van der Waals surface area (Å²) in [6.07, 6.45) is 3.66. The molecule has 0 radical (unpaired) electrons.